The lowest BCUT2D eigenvalue weighted by Crippen LogP contribution is -3.10. The van der Waals surface area contributed by atoms with Gasteiger partial charge in [-0.2, -0.15) is 0 Å². The van der Waals surface area contributed by atoms with Crippen LogP contribution in [-0.4, -0.2) is 58.0 Å². The van der Waals surface area contributed by atoms with Crippen molar-refractivity contribution in [2.75, 3.05) is 40.0 Å². The van der Waals surface area contributed by atoms with Crippen LogP contribution in [0.5, 0.6) is 0 Å². The van der Waals surface area contributed by atoms with E-state index in [1.807, 2.05) is 26.0 Å². The van der Waals surface area contributed by atoms with Crippen LogP contribution in [0.1, 0.15) is 69.1 Å². The van der Waals surface area contributed by atoms with Gasteiger partial charge in [-0.25, -0.2) is 9.59 Å². The van der Waals surface area contributed by atoms with Crippen molar-refractivity contribution in [3.8, 4) is 0 Å². The van der Waals surface area contributed by atoms with Crippen LogP contribution in [0.25, 0.3) is 0 Å². The molecule has 1 heterocycles. The number of carbonyl (C=O) groups excluding carboxylic acids is 2. The first-order chi connectivity index (χ1) is 23.1. The number of benzene rings is 3. The van der Waals surface area contributed by atoms with Gasteiger partial charge >= 0.3 is 11.9 Å². The number of nitrogens with one attached hydrogen (secondary N) is 2. The van der Waals surface area contributed by atoms with E-state index in [4.69, 9.17) is 37.4 Å². The van der Waals surface area contributed by atoms with Crippen LogP contribution < -0.4 is 22.6 Å². The molecule has 0 aliphatic carbocycles. The van der Waals surface area contributed by atoms with E-state index in [1.165, 1.54) is 16.0 Å². The second-order valence-electron chi connectivity index (χ2n) is 12.3. The molecule has 7 nitrogen and oxygen atoms in total. The van der Waals surface area contributed by atoms with Crippen LogP contribution in [-0.2, 0) is 23.8 Å². The SMILES string of the molecule is CCCOCCOC(=O)C1=C(C)NC(C)=C(C(=O)OC(C)C[NH+](C)CCC(c2ccccc2)c2ccccc2)C1c1cccc(Cl)c1Cl.[Cl-]. The molecule has 3 aromatic rings. The zero-order valence-corrected chi connectivity index (χ0v) is 31.1. The first-order valence-electron chi connectivity index (χ1n) is 16.6. The highest BCUT2D eigenvalue weighted by Gasteiger charge is 2.40. The summed E-state index contributed by atoms with van der Waals surface area (Å²) in [6.45, 7) is 9.89. The highest BCUT2D eigenvalue weighted by atomic mass is 35.5. The maximum absolute atomic E-state index is 14.0. The molecular weight excluding hydrogens is 683 g/mol. The van der Waals surface area contributed by atoms with Crippen LogP contribution in [0.4, 0.5) is 0 Å². The summed E-state index contributed by atoms with van der Waals surface area (Å²) in [5, 5.41) is 3.79. The summed E-state index contributed by atoms with van der Waals surface area (Å²) < 4.78 is 17.2. The number of ether oxygens (including phenoxy) is 3. The molecule has 2 N–H and O–H groups in total. The van der Waals surface area contributed by atoms with Crippen molar-refractivity contribution in [1.29, 1.82) is 0 Å². The van der Waals surface area contributed by atoms with Crippen molar-refractivity contribution in [2.45, 2.75) is 58.5 Å². The third-order valence-corrected chi connectivity index (χ3v) is 9.34. The molecule has 1 aliphatic rings. The predicted octanol–water partition coefficient (Wildman–Crippen LogP) is 3.87. The minimum Gasteiger partial charge on any atom is -1.00 e. The Bertz CT molecular complexity index is 1560. The maximum atomic E-state index is 14.0. The Labute approximate surface area is 307 Å². The third-order valence-electron chi connectivity index (χ3n) is 8.51. The number of dihydropyridines is 1. The minimum atomic E-state index is -0.844. The average molecular weight is 730 g/mol. The van der Waals surface area contributed by atoms with Gasteiger partial charge in [-0.05, 0) is 49.9 Å². The number of rotatable bonds is 16. The first kappa shape index (κ1) is 40.1. The summed E-state index contributed by atoms with van der Waals surface area (Å²) in [4.78, 5) is 28.8. The van der Waals surface area contributed by atoms with Crippen molar-refractivity contribution in [3.63, 3.8) is 0 Å². The molecule has 10 heteroatoms. The van der Waals surface area contributed by atoms with Gasteiger partial charge in [-0.3, -0.25) is 0 Å². The van der Waals surface area contributed by atoms with Crippen molar-refractivity contribution in [3.05, 3.63) is 128 Å². The second-order valence-corrected chi connectivity index (χ2v) is 13.1. The van der Waals surface area contributed by atoms with Crippen LogP contribution in [0.2, 0.25) is 10.0 Å². The Hall–Kier alpha value is -3.33. The van der Waals surface area contributed by atoms with Gasteiger partial charge in [0.2, 0.25) is 0 Å². The van der Waals surface area contributed by atoms with Gasteiger partial charge in [0.15, 0.2) is 0 Å². The highest BCUT2D eigenvalue weighted by molar-refractivity contribution is 6.42. The van der Waals surface area contributed by atoms with Gasteiger partial charge in [0.1, 0.15) is 19.3 Å². The zero-order chi connectivity index (χ0) is 34.6. The molecule has 49 heavy (non-hydrogen) atoms. The summed E-state index contributed by atoms with van der Waals surface area (Å²) in [5.41, 5.74) is 4.78. The van der Waals surface area contributed by atoms with Crippen molar-refractivity contribution < 1.29 is 41.1 Å². The predicted molar refractivity (Wildman–Crippen MR) is 191 cm³/mol. The van der Waals surface area contributed by atoms with E-state index < -0.39 is 24.0 Å². The van der Waals surface area contributed by atoms with E-state index in [0.29, 0.717) is 35.1 Å². The lowest BCUT2D eigenvalue weighted by atomic mass is 9.80. The van der Waals surface area contributed by atoms with Crippen LogP contribution in [0.3, 0.4) is 0 Å². The first-order valence-corrected chi connectivity index (χ1v) is 17.4. The number of quaternary nitrogens is 1. The molecule has 3 atom stereocenters. The van der Waals surface area contributed by atoms with Crippen LogP contribution >= 0.6 is 23.2 Å². The highest BCUT2D eigenvalue weighted by Crippen LogP contribution is 2.43. The summed E-state index contributed by atoms with van der Waals surface area (Å²) in [6, 6.07) is 26.3. The summed E-state index contributed by atoms with van der Waals surface area (Å²) in [6.07, 6.45) is 1.39. The molecule has 1 aliphatic heterocycles. The Morgan fingerprint density at radius 2 is 1.43 bits per heavy atom. The number of allylic oxidation sites excluding steroid dienone is 2. The van der Waals surface area contributed by atoms with Crippen LogP contribution in [0, 0.1) is 0 Å². The molecule has 0 fully saturated rings. The lowest BCUT2D eigenvalue weighted by Gasteiger charge is -2.31. The molecule has 0 saturated carbocycles. The average Bonchev–Trinajstić information content (AvgIpc) is 3.06. The van der Waals surface area contributed by atoms with E-state index in [2.05, 4.69) is 60.9 Å². The number of halogens is 3. The second kappa shape index (κ2) is 19.8. The Morgan fingerprint density at radius 1 is 0.837 bits per heavy atom. The Kier molecular flexibility index (Phi) is 16.2. The van der Waals surface area contributed by atoms with Gasteiger partial charge < -0.3 is 36.8 Å². The molecule has 3 aromatic carbocycles. The van der Waals surface area contributed by atoms with Gasteiger partial charge in [0.05, 0.1) is 47.3 Å². The summed E-state index contributed by atoms with van der Waals surface area (Å²) >= 11 is 13.2. The quantitative estimate of drug-likeness (QED) is 0.172. The largest absolute Gasteiger partial charge is 1.00 e. The molecule has 4 rings (SSSR count). The summed E-state index contributed by atoms with van der Waals surface area (Å²) in [7, 11) is 2.11. The molecule has 0 radical (unpaired) electrons. The van der Waals surface area contributed by atoms with E-state index >= 15 is 0 Å². The number of carbonyl (C=O) groups is 2. The number of hydrogen-bond acceptors (Lipinski definition) is 6. The molecule has 0 saturated heterocycles. The molecule has 0 aromatic heterocycles. The third kappa shape index (κ3) is 10.8. The Balaban J connectivity index is 0.00000650. The van der Waals surface area contributed by atoms with Gasteiger partial charge in [0.25, 0.3) is 0 Å². The molecular formula is C39H47Cl3N2O5. The monoisotopic (exact) mass is 728 g/mol. The summed E-state index contributed by atoms with van der Waals surface area (Å²) in [5.74, 6) is -1.68. The Morgan fingerprint density at radius 3 is 2.02 bits per heavy atom. The fourth-order valence-corrected chi connectivity index (χ4v) is 6.69. The molecule has 0 spiro atoms. The lowest BCUT2D eigenvalue weighted by molar-refractivity contribution is -0.882. The number of esters is 2. The van der Waals surface area contributed by atoms with Crippen molar-refractivity contribution in [2.24, 2.45) is 0 Å². The standard InChI is InChI=1S/C39H46Cl2N2O5.ClH/c1-6-22-46-23-24-47-38(44)34-27(3)42-28(4)35(36(34)32-18-13-19-33(40)37(32)41)39(45)48-26(2)25-43(5)21-20-31(29-14-9-7-10-15-29)30-16-11-8-12-17-30;/h7-19,26,31,36,42H,6,20-25H2,1-5H3;1H. The van der Waals surface area contributed by atoms with Crippen molar-refractivity contribution in [1.82, 2.24) is 5.32 Å². The zero-order valence-electron chi connectivity index (χ0n) is 28.9. The minimum absolute atomic E-state index is 0. The smallest absolute Gasteiger partial charge is 0.337 e. The van der Waals surface area contributed by atoms with E-state index in [1.54, 1.807) is 32.0 Å². The number of likely N-dealkylation sites (N-methyl/N-ethyl adjacent to an activating group) is 1. The van der Waals surface area contributed by atoms with Gasteiger partial charge in [-0.1, -0.05) is 103 Å². The number of hydrogen-bond donors (Lipinski definition) is 2. The molecule has 264 valence electrons. The molecule has 0 amide bonds. The van der Waals surface area contributed by atoms with E-state index in [0.717, 1.165) is 19.4 Å². The van der Waals surface area contributed by atoms with Crippen molar-refractivity contribution >= 4 is 35.1 Å². The van der Waals surface area contributed by atoms with Gasteiger partial charge in [0, 0.05) is 30.3 Å². The van der Waals surface area contributed by atoms with E-state index in [9.17, 15) is 9.59 Å². The van der Waals surface area contributed by atoms with Gasteiger partial charge in [-0.15, -0.1) is 0 Å². The van der Waals surface area contributed by atoms with Crippen LogP contribution in [0.15, 0.2) is 101 Å². The molecule has 0 bridgehead atoms. The molecule has 3 unspecified atom stereocenters. The maximum Gasteiger partial charge on any atom is 0.337 e. The topological polar surface area (TPSA) is 78.3 Å². The fraction of sp³-hybridized carbons (Fsp3) is 0.385. The normalized spacial score (nSPS) is 15.7. The van der Waals surface area contributed by atoms with E-state index in [-0.39, 0.29) is 47.7 Å². The fourth-order valence-electron chi connectivity index (χ4n) is 6.27.